The molecule has 0 aromatic carbocycles. The van der Waals surface area contributed by atoms with Crippen LogP contribution in [0.1, 0.15) is 44.9 Å². The van der Waals surface area contributed by atoms with Crippen LogP contribution in [0.15, 0.2) is 0 Å². The molecule has 0 aromatic rings. The van der Waals surface area contributed by atoms with Crippen molar-refractivity contribution in [2.45, 2.75) is 44.9 Å². The molecule has 0 unspecified atom stereocenters. The van der Waals surface area contributed by atoms with E-state index in [4.69, 9.17) is 22.7 Å². The van der Waals surface area contributed by atoms with Crippen LogP contribution in [-0.4, -0.2) is 18.2 Å². The van der Waals surface area contributed by atoms with E-state index in [1.165, 1.54) is 32.1 Å². The Bertz CT molecular complexity index is 167. The van der Waals surface area contributed by atoms with Gasteiger partial charge in [-0.2, -0.15) is 0 Å². The monoisotopic (exact) mass is 215 g/mol. The van der Waals surface area contributed by atoms with Crippen LogP contribution in [0, 0.1) is 5.92 Å². The minimum absolute atomic E-state index is 0.603. The zero-order chi connectivity index (χ0) is 10.2. The van der Waals surface area contributed by atoms with Crippen LogP contribution < -0.4 is 5.73 Å². The highest BCUT2D eigenvalue weighted by atomic mass is 32.1. The molecule has 1 fully saturated rings. The molecule has 0 amide bonds. The van der Waals surface area contributed by atoms with Crippen molar-refractivity contribution in [3.05, 3.63) is 0 Å². The van der Waals surface area contributed by atoms with Crippen molar-refractivity contribution < 1.29 is 4.74 Å². The molecule has 0 heterocycles. The molecule has 0 saturated heterocycles. The first-order valence-corrected chi connectivity index (χ1v) is 6.06. The largest absolute Gasteiger partial charge is 0.393 e. The first-order valence-electron chi connectivity index (χ1n) is 5.65. The lowest BCUT2D eigenvalue weighted by molar-refractivity contribution is 0.0846. The standard InChI is InChI=1S/C11H21NOS/c12-11(14)7-4-8-13-9-10-5-2-1-3-6-10/h10H,1-9H2,(H2,12,14). The minimum Gasteiger partial charge on any atom is -0.393 e. The van der Waals surface area contributed by atoms with Crippen LogP contribution >= 0.6 is 12.2 Å². The summed E-state index contributed by atoms with van der Waals surface area (Å²) in [5.41, 5.74) is 5.39. The van der Waals surface area contributed by atoms with Crippen LogP contribution in [0.4, 0.5) is 0 Å². The highest BCUT2D eigenvalue weighted by Gasteiger charge is 2.12. The molecule has 2 N–H and O–H groups in total. The zero-order valence-corrected chi connectivity index (χ0v) is 9.65. The van der Waals surface area contributed by atoms with Gasteiger partial charge in [-0.25, -0.2) is 0 Å². The predicted molar refractivity (Wildman–Crippen MR) is 63.4 cm³/mol. The summed E-state index contributed by atoms with van der Waals surface area (Å²) < 4.78 is 5.61. The van der Waals surface area contributed by atoms with Gasteiger partial charge >= 0.3 is 0 Å². The highest BCUT2D eigenvalue weighted by molar-refractivity contribution is 7.80. The van der Waals surface area contributed by atoms with Gasteiger partial charge in [0.1, 0.15) is 0 Å². The van der Waals surface area contributed by atoms with Crippen molar-refractivity contribution in [2.24, 2.45) is 11.7 Å². The summed E-state index contributed by atoms with van der Waals surface area (Å²) in [5.74, 6) is 0.813. The van der Waals surface area contributed by atoms with Gasteiger partial charge in [0, 0.05) is 13.2 Å². The Hall–Kier alpha value is -0.150. The third kappa shape index (κ3) is 5.55. The maximum Gasteiger partial charge on any atom is 0.0728 e. The second kappa shape index (κ2) is 7.18. The molecule has 0 bridgehead atoms. The van der Waals surface area contributed by atoms with E-state index in [9.17, 15) is 0 Å². The second-order valence-corrected chi connectivity index (χ2v) is 4.67. The fraction of sp³-hybridized carbons (Fsp3) is 0.909. The fourth-order valence-corrected chi connectivity index (χ4v) is 2.10. The average molecular weight is 215 g/mol. The smallest absolute Gasteiger partial charge is 0.0728 e. The maximum atomic E-state index is 5.61. The van der Waals surface area contributed by atoms with E-state index < -0.39 is 0 Å². The van der Waals surface area contributed by atoms with Gasteiger partial charge in [-0.05, 0) is 31.6 Å². The van der Waals surface area contributed by atoms with E-state index in [0.717, 1.165) is 32.0 Å². The van der Waals surface area contributed by atoms with Crippen LogP contribution in [0.2, 0.25) is 0 Å². The average Bonchev–Trinajstić information content (AvgIpc) is 2.18. The third-order valence-electron chi connectivity index (χ3n) is 2.79. The van der Waals surface area contributed by atoms with Crippen molar-refractivity contribution in [1.82, 2.24) is 0 Å². The molecule has 82 valence electrons. The Labute approximate surface area is 92.2 Å². The van der Waals surface area contributed by atoms with Crippen LogP contribution in [0.5, 0.6) is 0 Å². The number of nitrogens with two attached hydrogens (primary N) is 1. The molecule has 0 aliphatic heterocycles. The summed E-state index contributed by atoms with van der Waals surface area (Å²) in [5, 5.41) is 0. The molecular weight excluding hydrogens is 194 g/mol. The van der Waals surface area contributed by atoms with E-state index in [2.05, 4.69) is 0 Å². The summed E-state index contributed by atoms with van der Waals surface area (Å²) >= 11 is 4.79. The van der Waals surface area contributed by atoms with E-state index >= 15 is 0 Å². The van der Waals surface area contributed by atoms with E-state index in [1.54, 1.807) is 0 Å². The van der Waals surface area contributed by atoms with Gasteiger partial charge in [-0.1, -0.05) is 31.5 Å². The second-order valence-electron chi connectivity index (χ2n) is 4.15. The first-order chi connectivity index (χ1) is 6.79. The van der Waals surface area contributed by atoms with Crippen LogP contribution in [-0.2, 0) is 4.74 Å². The van der Waals surface area contributed by atoms with Crippen molar-refractivity contribution in [3.63, 3.8) is 0 Å². The number of thiocarbonyl (C=S) groups is 1. The van der Waals surface area contributed by atoms with Crippen molar-refractivity contribution >= 4 is 17.2 Å². The Morgan fingerprint density at radius 1 is 1.29 bits per heavy atom. The number of hydrogen-bond acceptors (Lipinski definition) is 2. The Kier molecular flexibility index (Phi) is 6.12. The van der Waals surface area contributed by atoms with E-state index in [0.29, 0.717) is 4.99 Å². The predicted octanol–water partition coefficient (Wildman–Crippen LogP) is 2.65. The molecule has 0 spiro atoms. The summed E-state index contributed by atoms with van der Waals surface area (Å²) in [6.07, 6.45) is 8.70. The zero-order valence-electron chi connectivity index (χ0n) is 8.84. The van der Waals surface area contributed by atoms with Crippen molar-refractivity contribution in [3.8, 4) is 0 Å². The summed E-state index contributed by atoms with van der Waals surface area (Å²) in [7, 11) is 0. The SMILES string of the molecule is NC(=S)CCCOCC1CCCCC1. The highest BCUT2D eigenvalue weighted by Crippen LogP contribution is 2.23. The molecule has 1 rings (SSSR count). The topological polar surface area (TPSA) is 35.2 Å². The molecule has 3 heteroatoms. The Morgan fingerprint density at radius 2 is 2.00 bits per heavy atom. The van der Waals surface area contributed by atoms with Crippen molar-refractivity contribution in [1.29, 1.82) is 0 Å². The van der Waals surface area contributed by atoms with Crippen LogP contribution in [0.3, 0.4) is 0 Å². The molecule has 0 atom stereocenters. The quantitative estimate of drug-likeness (QED) is 0.546. The number of hydrogen-bond donors (Lipinski definition) is 1. The van der Waals surface area contributed by atoms with Crippen LogP contribution in [0.25, 0.3) is 0 Å². The summed E-state index contributed by atoms with van der Waals surface area (Å²) in [4.78, 5) is 0.603. The van der Waals surface area contributed by atoms with Gasteiger partial charge in [-0.3, -0.25) is 0 Å². The van der Waals surface area contributed by atoms with E-state index in [1.807, 2.05) is 0 Å². The van der Waals surface area contributed by atoms with Gasteiger partial charge in [0.15, 0.2) is 0 Å². The Morgan fingerprint density at radius 3 is 2.64 bits per heavy atom. The molecular formula is C11H21NOS. The maximum absolute atomic E-state index is 5.61. The van der Waals surface area contributed by atoms with Gasteiger partial charge in [0.2, 0.25) is 0 Å². The molecule has 1 aliphatic carbocycles. The summed E-state index contributed by atoms with van der Waals surface area (Å²) in [6, 6.07) is 0. The number of rotatable bonds is 6. The molecule has 14 heavy (non-hydrogen) atoms. The molecule has 0 aromatic heterocycles. The van der Waals surface area contributed by atoms with Gasteiger partial charge in [0.05, 0.1) is 4.99 Å². The normalized spacial score (nSPS) is 18.3. The molecule has 1 aliphatic rings. The van der Waals surface area contributed by atoms with Crippen molar-refractivity contribution in [2.75, 3.05) is 13.2 Å². The lowest BCUT2D eigenvalue weighted by atomic mass is 9.90. The lowest BCUT2D eigenvalue weighted by Crippen LogP contribution is -2.14. The Balaban J connectivity index is 1.90. The lowest BCUT2D eigenvalue weighted by Gasteiger charge is -2.21. The fourth-order valence-electron chi connectivity index (χ4n) is 1.95. The third-order valence-corrected chi connectivity index (χ3v) is 2.99. The van der Waals surface area contributed by atoms with E-state index in [-0.39, 0.29) is 0 Å². The first kappa shape index (κ1) is 11.9. The summed E-state index contributed by atoms with van der Waals surface area (Å²) in [6.45, 7) is 1.76. The molecule has 2 nitrogen and oxygen atoms in total. The van der Waals surface area contributed by atoms with Gasteiger partial charge < -0.3 is 10.5 Å². The minimum atomic E-state index is 0.603. The number of ether oxygens (including phenoxy) is 1. The van der Waals surface area contributed by atoms with Gasteiger partial charge in [-0.15, -0.1) is 0 Å². The van der Waals surface area contributed by atoms with Gasteiger partial charge in [0.25, 0.3) is 0 Å². The molecule has 0 radical (unpaired) electrons. The molecule has 1 saturated carbocycles.